The first kappa shape index (κ1) is 20.0. The molecule has 0 bridgehead atoms. The molecule has 0 spiro atoms. The molecule has 1 aliphatic rings. The summed E-state index contributed by atoms with van der Waals surface area (Å²) in [6, 6.07) is 12.3. The maximum atomic E-state index is 13.0. The Morgan fingerprint density at radius 1 is 1.00 bits per heavy atom. The van der Waals surface area contributed by atoms with Gasteiger partial charge in [0.25, 0.3) is 11.6 Å². The minimum Gasteiger partial charge on any atom is -0.445 e. The Morgan fingerprint density at radius 2 is 1.61 bits per heavy atom. The Morgan fingerprint density at radius 3 is 2.18 bits per heavy atom. The number of nitro groups is 1. The molecule has 28 heavy (non-hydrogen) atoms. The smallest absolute Gasteiger partial charge is 0.339 e. The van der Waals surface area contributed by atoms with Crippen LogP contribution in [0.4, 0.5) is 11.4 Å². The molecule has 8 heteroatoms. The van der Waals surface area contributed by atoms with Crippen molar-refractivity contribution in [2.45, 2.75) is 37.7 Å². The van der Waals surface area contributed by atoms with Crippen LogP contribution in [-0.4, -0.2) is 22.4 Å². The van der Waals surface area contributed by atoms with E-state index in [0.717, 1.165) is 23.7 Å². The van der Waals surface area contributed by atoms with Gasteiger partial charge in [-0.25, -0.2) is 4.79 Å². The number of anilines is 1. The third-order valence-electron chi connectivity index (χ3n) is 4.78. The van der Waals surface area contributed by atoms with Gasteiger partial charge in [0.15, 0.2) is 5.60 Å². The lowest BCUT2D eigenvalue weighted by Gasteiger charge is -2.35. The van der Waals surface area contributed by atoms with Gasteiger partial charge in [0.1, 0.15) is 0 Å². The second-order valence-corrected chi connectivity index (χ2v) is 7.63. The van der Waals surface area contributed by atoms with E-state index in [1.165, 1.54) is 24.3 Å². The molecule has 0 unspecified atom stereocenters. The summed E-state index contributed by atoms with van der Waals surface area (Å²) in [6.07, 6.45) is 3.41. The molecular formula is C20H19BrN2O5. The number of nitrogens with one attached hydrogen (secondary N) is 1. The van der Waals surface area contributed by atoms with Crippen LogP contribution in [0, 0.1) is 10.1 Å². The summed E-state index contributed by atoms with van der Waals surface area (Å²) in [6.45, 7) is 0. The standard InChI is InChI=1S/C20H19BrN2O5/c21-15-6-4-14(5-7-15)18(24)28-20(12-2-1-3-13-20)19(25)22-16-8-10-17(11-9-16)23(26)27/h4-11H,1-3,12-13H2,(H,22,25). The number of hydrogen-bond acceptors (Lipinski definition) is 5. The summed E-state index contributed by atoms with van der Waals surface area (Å²) in [4.78, 5) is 35.9. The van der Waals surface area contributed by atoms with Gasteiger partial charge in [0.05, 0.1) is 10.5 Å². The zero-order valence-corrected chi connectivity index (χ0v) is 16.6. The second kappa shape index (κ2) is 8.52. The first-order valence-electron chi connectivity index (χ1n) is 8.94. The van der Waals surface area contributed by atoms with Crippen molar-refractivity contribution in [3.63, 3.8) is 0 Å². The number of carbonyl (C=O) groups excluding carboxylic acids is 2. The Balaban J connectivity index is 1.78. The fourth-order valence-electron chi connectivity index (χ4n) is 3.23. The second-order valence-electron chi connectivity index (χ2n) is 6.71. The molecule has 2 aromatic rings. The van der Waals surface area contributed by atoms with Crippen LogP contribution in [0.2, 0.25) is 0 Å². The van der Waals surface area contributed by atoms with Crippen LogP contribution in [0.1, 0.15) is 42.5 Å². The van der Waals surface area contributed by atoms with Crippen molar-refractivity contribution in [1.29, 1.82) is 0 Å². The molecule has 0 aromatic heterocycles. The SMILES string of the molecule is O=C(OC1(C(=O)Nc2ccc([N+](=O)[O-])cc2)CCCCC1)c1ccc(Br)cc1. The van der Waals surface area contributed by atoms with E-state index in [1.807, 2.05) is 0 Å². The van der Waals surface area contributed by atoms with E-state index < -0.39 is 22.4 Å². The lowest BCUT2D eigenvalue weighted by atomic mass is 9.83. The summed E-state index contributed by atoms with van der Waals surface area (Å²) < 4.78 is 6.57. The predicted octanol–water partition coefficient (Wildman–Crippen LogP) is 4.86. The highest BCUT2D eigenvalue weighted by Crippen LogP contribution is 2.34. The normalized spacial score (nSPS) is 15.5. The van der Waals surface area contributed by atoms with Crippen molar-refractivity contribution in [3.05, 3.63) is 68.7 Å². The number of rotatable bonds is 5. The van der Waals surface area contributed by atoms with Crippen molar-refractivity contribution < 1.29 is 19.2 Å². The molecule has 1 saturated carbocycles. The lowest BCUT2D eigenvalue weighted by Crippen LogP contribution is -2.48. The molecule has 2 aromatic carbocycles. The quantitative estimate of drug-likeness (QED) is 0.401. The number of esters is 1. The fourth-order valence-corrected chi connectivity index (χ4v) is 3.50. The van der Waals surface area contributed by atoms with Gasteiger partial charge >= 0.3 is 5.97 Å². The van der Waals surface area contributed by atoms with E-state index in [1.54, 1.807) is 24.3 Å². The highest BCUT2D eigenvalue weighted by atomic mass is 79.9. The van der Waals surface area contributed by atoms with E-state index in [2.05, 4.69) is 21.2 Å². The zero-order valence-electron chi connectivity index (χ0n) is 15.0. The maximum Gasteiger partial charge on any atom is 0.339 e. The van der Waals surface area contributed by atoms with Crippen molar-refractivity contribution in [1.82, 2.24) is 0 Å². The molecular weight excluding hydrogens is 428 g/mol. The average molecular weight is 447 g/mol. The molecule has 0 aliphatic heterocycles. The minimum absolute atomic E-state index is 0.0629. The van der Waals surface area contributed by atoms with E-state index in [9.17, 15) is 19.7 Å². The molecule has 1 amide bonds. The van der Waals surface area contributed by atoms with Crippen LogP contribution in [0.15, 0.2) is 53.0 Å². The number of carbonyl (C=O) groups is 2. The summed E-state index contributed by atoms with van der Waals surface area (Å²) in [7, 11) is 0. The van der Waals surface area contributed by atoms with Crippen LogP contribution in [0.5, 0.6) is 0 Å². The van der Waals surface area contributed by atoms with Gasteiger partial charge in [0, 0.05) is 22.3 Å². The number of non-ortho nitro benzene ring substituents is 1. The van der Waals surface area contributed by atoms with E-state index in [-0.39, 0.29) is 5.69 Å². The molecule has 146 valence electrons. The highest BCUT2D eigenvalue weighted by Gasteiger charge is 2.43. The highest BCUT2D eigenvalue weighted by molar-refractivity contribution is 9.10. The first-order chi connectivity index (χ1) is 13.4. The molecule has 1 N–H and O–H groups in total. The third-order valence-corrected chi connectivity index (χ3v) is 5.31. The fraction of sp³-hybridized carbons (Fsp3) is 0.300. The third kappa shape index (κ3) is 4.56. The summed E-state index contributed by atoms with van der Waals surface area (Å²) in [5.41, 5.74) is -0.520. The van der Waals surface area contributed by atoms with Gasteiger partial charge in [-0.15, -0.1) is 0 Å². The topological polar surface area (TPSA) is 98.5 Å². The maximum absolute atomic E-state index is 13.0. The van der Waals surface area contributed by atoms with Crippen LogP contribution in [0.25, 0.3) is 0 Å². The molecule has 0 heterocycles. The van der Waals surface area contributed by atoms with Gasteiger partial charge in [0.2, 0.25) is 0 Å². The van der Waals surface area contributed by atoms with Gasteiger partial charge < -0.3 is 10.1 Å². The number of amides is 1. The predicted molar refractivity (Wildman–Crippen MR) is 107 cm³/mol. The zero-order chi connectivity index (χ0) is 20.1. The number of nitrogens with zero attached hydrogens (tertiary/aromatic N) is 1. The Bertz CT molecular complexity index is 874. The van der Waals surface area contributed by atoms with E-state index in [0.29, 0.717) is 24.1 Å². The van der Waals surface area contributed by atoms with E-state index in [4.69, 9.17) is 4.74 Å². The van der Waals surface area contributed by atoms with Crippen LogP contribution < -0.4 is 5.32 Å². The Labute approximate surface area is 170 Å². The monoisotopic (exact) mass is 446 g/mol. The number of benzene rings is 2. The number of nitro benzene ring substituents is 1. The largest absolute Gasteiger partial charge is 0.445 e. The molecule has 7 nitrogen and oxygen atoms in total. The Hall–Kier alpha value is -2.74. The van der Waals surface area contributed by atoms with Gasteiger partial charge in [-0.05, 0) is 62.1 Å². The molecule has 0 atom stereocenters. The van der Waals surface area contributed by atoms with Gasteiger partial charge in [-0.3, -0.25) is 14.9 Å². The van der Waals surface area contributed by atoms with Gasteiger partial charge in [-0.2, -0.15) is 0 Å². The minimum atomic E-state index is -1.25. The first-order valence-corrected chi connectivity index (χ1v) is 9.74. The van der Waals surface area contributed by atoms with Crippen LogP contribution >= 0.6 is 15.9 Å². The molecule has 0 saturated heterocycles. The summed E-state index contributed by atoms with van der Waals surface area (Å²) in [5, 5.41) is 13.5. The molecule has 0 radical (unpaired) electrons. The molecule has 3 rings (SSSR count). The lowest BCUT2D eigenvalue weighted by molar-refractivity contribution is -0.384. The number of hydrogen-bond donors (Lipinski definition) is 1. The average Bonchev–Trinajstić information content (AvgIpc) is 2.69. The van der Waals surface area contributed by atoms with Crippen molar-refractivity contribution >= 4 is 39.2 Å². The number of halogens is 1. The number of ether oxygens (including phenoxy) is 1. The Kier molecular flexibility index (Phi) is 6.08. The molecule has 1 aliphatic carbocycles. The van der Waals surface area contributed by atoms with E-state index >= 15 is 0 Å². The summed E-state index contributed by atoms with van der Waals surface area (Å²) in [5.74, 6) is -0.959. The van der Waals surface area contributed by atoms with Crippen molar-refractivity contribution in [2.75, 3.05) is 5.32 Å². The van der Waals surface area contributed by atoms with Gasteiger partial charge in [-0.1, -0.05) is 22.4 Å². The van der Waals surface area contributed by atoms with Crippen LogP contribution in [0.3, 0.4) is 0 Å². The molecule has 1 fully saturated rings. The summed E-state index contributed by atoms with van der Waals surface area (Å²) >= 11 is 3.32. The van der Waals surface area contributed by atoms with Crippen LogP contribution in [-0.2, 0) is 9.53 Å². The van der Waals surface area contributed by atoms with Crippen molar-refractivity contribution in [3.8, 4) is 0 Å². The van der Waals surface area contributed by atoms with Crippen molar-refractivity contribution in [2.24, 2.45) is 0 Å².